The molecule has 1 aromatic carbocycles. The van der Waals surface area contributed by atoms with Gasteiger partial charge in [-0.2, -0.15) is 5.10 Å². The van der Waals surface area contributed by atoms with Gasteiger partial charge in [0.2, 0.25) is 0 Å². The molecule has 3 aromatic rings. The Hall–Kier alpha value is -2.69. The Labute approximate surface area is 154 Å². The third-order valence-electron chi connectivity index (χ3n) is 5.01. The lowest BCUT2D eigenvalue weighted by molar-refractivity contribution is 0.525. The minimum absolute atomic E-state index is 0.450. The van der Waals surface area contributed by atoms with E-state index in [1.807, 2.05) is 12.1 Å². The number of nitrogens with zero attached hydrogens (tertiary/aromatic N) is 4. The summed E-state index contributed by atoms with van der Waals surface area (Å²) in [6, 6.07) is 15.1. The van der Waals surface area contributed by atoms with Crippen molar-refractivity contribution in [1.82, 2.24) is 15.2 Å². The van der Waals surface area contributed by atoms with Gasteiger partial charge in [0, 0.05) is 42.1 Å². The molecule has 1 N–H and O–H groups in total. The fourth-order valence-corrected chi connectivity index (χ4v) is 3.71. The molecule has 0 aliphatic carbocycles. The van der Waals surface area contributed by atoms with Gasteiger partial charge < -0.3 is 10.2 Å². The Balaban J connectivity index is 1.52. The minimum Gasteiger partial charge on any atom is -0.371 e. The fourth-order valence-electron chi connectivity index (χ4n) is 3.71. The van der Waals surface area contributed by atoms with E-state index in [2.05, 4.69) is 57.7 Å². The first kappa shape index (κ1) is 16.8. The van der Waals surface area contributed by atoms with Crippen LogP contribution in [0, 0.1) is 0 Å². The summed E-state index contributed by atoms with van der Waals surface area (Å²) in [4.78, 5) is 7.35. The zero-order chi connectivity index (χ0) is 17.8. The van der Waals surface area contributed by atoms with E-state index >= 15 is 0 Å². The molecule has 1 aliphatic rings. The van der Waals surface area contributed by atoms with Crippen LogP contribution in [-0.2, 0) is 6.42 Å². The lowest BCUT2D eigenvalue weighted by atomic mass is 10.0. The van der Waals surface area contributed by atoms with Crippen LogP contribution in [-0.4, -0.2) is 34.3 Å². The molecule has 0 bridgehead atoms. The Morgan fingerprint density at radius 1 is 1.12 bits per heavy atom. The summed E-state index contributed by atoms with van der Waals surface area (Å²) in [6.07, 6.45) is 6.04. The second-order valence-electron chi connectivity index (χ2n) is 6.91. The summed E-state index contributed by atoms with van der Waals surface area (Å²) in [7, 11) is 0. The number of anilines is 2. The maximum atomic E-state index is 4.84. The average molecular weight is 347 g/mol. The first-order chi connectivity index (χ1) is 12.8. The number of benzene rings is 1. The van der Waals surface area contributed by atoms with E-state index in [4.69, 9.17) is 4.98 Å². The second kappa shape index (κ2) is 7.68. The zero-order valence-electron chi connectivity index (χ0n) is 15.2. The van der Waals surface area contributed by atoms with Crippen LogP contribution in [0.4, 0.5) is 11.5 Å². The van der Waals surface area contributed by atoms with E-state index in [-0.39, 0.29) is 0 Å². The maximum Gasteiger partial charge on any atom is 0.148 e. The highest BCUT2D eigenvalue weighted by atomic mass is 15.2. The predicted molar refractivity (Wildman–Crippen MR) is 107 cm³/mol. The Morgan fingerprint density at radius 3 is 2.73 bits per heavy atom. The predicted octanol–water partition coefficient (Wildman–Crippen LogP) is 4.06. The summed E-state index contributed by atoms with van der Waals surface area (Å²) in [5.41, 5.74) is 3.63. The monoisotopic (exact) mass is 347 g/mol. The summed E-state index contributed by atoms with van der Waals surface area (Å²) in [5, 5.41) is 12.9. The van der Waals surface area contributed by atoms with E-state index < -0.39 is 0 Å². The highest BCUT2D eigenvalue weighted by molar-refractivity contribution is 5.92. The van der Waals surface area contributed by atoms with Crippen LogP contribution in [0.3, 0.4) is 0 Å². The standard InChI is InChI=1S/C21H25N5/c1-2-6-17-15-20(18-7-3-4-8-19(18)23-17)26-13-10-16(11-14-26)24-21-9-5-12-22-25-21/h3-5,7-9,12,15-16H,2,6,10-11,13-14H2,1H3,(H,24,25). The number of pyridine rings is 1. The summed E-state index contributed by atoms with van der Waals surface area (Å²) in [6.45, 7) is 4.29. The lowest BCUT2D eigenvalue weighted by Crippen LogP contribution is -2.39. The molecule has 2 aromatic heterocycles. The van der Waals surface area contributed by atoms with E-state index in [0.29, 0.717) is 6.04 Å². The molecule has 0 atom stereocenters. The molecule has 26 heavy (non-hydrogen) atoms. The van der Waals surface area contributed by atoms with Gasteiger partial charge in [-0.05, 0) is 43.5 Å². The Kier molecular flexibility index (Phi) is 4.95. The molecular weight excluding hydrogens is 322 g/mol. The van der Waals surface area contributed by atoms with Gasteiger partial charge in [-0.25, -0.2) is 0 Å². The highest BCUT2D eigenvalue weighted by Crippen LogP contribution is 2.30. The number of hydrogen-bond acceptors (Lipinski definition) is 5. The number of fused-ring (bicyclic) bond motifs is 1. The number of hydrogen-bond donors (Lipinski definition) is 1. The first-order valence-electron chi connectivity index (χ1n) is 9.51. The van der Waals surface area contributed by atoms with E-state index in [9.17, 15) is 0 Å². The van der Waals surface area contributed by atoms with Gasteiger partial charge in [0.15, 0.2) is 0 Å². The van der Waals surface area contributed by atoms with Crippen molar-refractivity contribution in [3.05, 3.63) is 54.4 Å². The van der Waals surface area contributed by atoms with Crippen molar-refractivity contribution in [1.29, 1.82) is 0 Å². The molecule has 0 saturated carbocycles. The largest absolute Gasteiger partial charge is 0.371 e. The molecule has 3 heterocycles. The second-order valence-corrected chi connectivity index (χ2v) is 6.91. The number of aromatic nitrogens is 3. The van der Waals surface area contributed by atoms with Crippen molar-refractivity contribution in [3.8, 4) is 0 Å². The van der Waals surface area contributed by atoms with Crippen molar-refractivity contribution in [2.45, 2.75) is 38.6 Å². The van der Waals surface area contributed by atoms with E-state index in [1.54, 1.807) is 6.20 Å². The number of aryl methyl sites for hydroxylation is 1. The zero-order valence-corrected chi connectivity index (χ0v) is 15.2. The van der Waals surface area contributed by atoms with Crippen LogP contribution >= 0.6 is 0 Å². The topological polar surface area (TPSA) is 53.9 Å². The van der Waals surface area contributed by atoms with Crippen LogP contribution in [0.1, 0.15) is 31.9 Å². The quantitative estimate of drug-likeness (QED) is 0.754. The van der Waals surface area contributed by atoms with Gasteiger partial charge in [-0.15, -0.1) is 5.10 Å². The maximum absolute atomic E-state index is 4.84. The molecule has 5 heteroatoms. The lowest BCUT2D eigenvalue weighted by Gasteiger charge is -2.35. The number of nitrogens with one attached hydrogen (secondary N) is 1. The summed E-state index contributed by atoms with van der Waals surface area (Å²) < 4.78 is 0. The summed E-state index contributed by atoms with van der Waals surface area (Å²) >= 11 is 0. The molecule has 4 rings (SSSR count). The van der Waals surface area contributed by atoms with Gasteiger partial charge in [0.05, 0.1) is 5.52 Å². The molecule has 0 spiro atoms. The molecular formula is C21H25N5. The molecule has 5 nitrogen and oxygen atoms in total. The van der Waals surface area contributed by atoms with Crippen LogP contribution in [0.25, 0.3) is 10.9 Å². The average Bonchev–Trinajstić information content (AvgIpc) is 2.69. The van der Waals surface area contributed by atoms with Crippen LogP contribution < -0.4 is 10.2 Å². The van der Waals surface area contributed by atoms with Crippen molar-refractivity contribution < 1.29 is 0 Å². The van der Waals surface area contributed by atoms with Crippen molar-refractivity contribution in [2.24, 2.45) is 0 Å². The van der Waals surface area contributed by atoms with E-state index in [0.717, 1.165) is 50.1 Å². The third-order valence-corrected chi connectivity index (χ3v) is 5.01. The molecule has 0 amide bonds. The first-order valence-corrected chi connectivity index (χ1v) is 9.51. The highest BCUT2D eigenvalue weighted by Gasteiger charge is 2.21. The van der Waals surface area contributed by atoms with Gasteiger partial charge in [0.1, 0.15) is 5.82 Å². The molecule has 0 unspecified atom stereocenters. The van der Waals surface area contributed by atoms with Gasteiger partial charge in [-0.1, -0.05) is 31.5 Å². The van der Waals surface area contributed by atoms with Crippen LogP contribution in [0.5, 0.6) is 0 Å². The van der Waals surface area contributed by atoms with E-state index in [1.165, 1.54) is 16.8 Å². The Bertz CT molecular complexity index is 857. The van der Waals surface area contributed by atoms with Gasteiger partial charge in [-0.3, -0.25) is 4.98 Å². The summed E-state index contributed by atoms with van der Waals surface area (Å²) in [5.74, 6) is 0.866. The molecule has 1 saturated heterocycles. The number of rotatable bonds is 5. The van der Waals surface area contributed by atoms with Crippen LogP contribution in [0.2, 0.25) is 0 Å². The van der Waals surface area contributed by atoms with Crippen molar-refractivity contribution in [3.63, 3.8) is 0 Å². The number of para-hydroxylation sites is 1. The van der Waals surface area contributed by atoms with Crippen molar-refractivity contribution in [2.75, 3.05) is 23.3 Å². The third kappa shape index (κ3) is 3.62. The fraction of sp³-hybridized carbons (Fsp3) is 0.381. The molecule has 134 valence electrons. The molecule has 1 aliphatic heterocycles. The SMILES string of the molecule is CCCc1cc(N2CCC(Nc3cccnn3)CC2)c2ccccc2n1. The normalized spacial score (nSPS) is 15.3. The smallest absolute Gasteiger partial charge is 0.148 e. The van der Waals surface area contributed by atoms with Gasteiger partial charge >= 0.3 is 0 Å². The van der Waals surface area contributed by atoms with Crippen molar-refractivity contribution >= 4 is 22.4 Å². The Morgan fingerprint density at radius 2 is 1.96 bits per heavy atom. The minimum atomic E-state index is 0.450. The van der Waals surface area contributed by atoms with Crippen LogP contribution in [0.15, 0.2) is 48.7 Å². The van der Waals surface area contributed by atoms with Gasteiger partial charge in [0.25, 0.3) is 0 Å². The number of piperidine rings is 1. The molecule has 0 radical (unpaired) electrons. The molecule has 1 fully saturated rings.